The van der Waals surface area contributed by atoms with E-state index in [1.807, 2.05) is 19.1 Å². The van der Waals surface area contributed by atoms with E-state index in [-0.39, 0.29) is 5.92 Å². The van der Waals surface area contributed by atoms with Crippen molar-refractivity contribution >= 4 is 0 Å². The van der Waals surface area contributed by atoms with Crippen LogP contribution >= 0.6 is 0 Å². The molecule has 0 heterocycles. The van der Waals surface area contributed by atoms with Gasteiger partial charge in [0.25, 0.3) is 0 Å². The predicted octanol–water partition coefficient (Wildman–Crippen LogP) is 2.69. The molecule has 1 aromatic carbocycles. The summed E-state index contributed by atoms with van der Waals surface area (Å²) >= 11 is 0. The summed E-state index contributed by atoms with van der Waals surface area (Å²) < 4.78 is 5.17. The van der Waals surface area contributed by atoms with Crippen LogP contribution in [0.1, 0.15) is 31.2 Å². The third-order valence-corrected chi connectivity index (χ3v) is 3.72. The summed E-state index contributed by atoms with van der Waals surface area (Å²) in [5, 5.41) is 12.3. The Balaban J connectivity index is 1.91. The monoisotopic (exact) mass is 244 g/mol. The quantitative estimate of drug-likeness (QED) is 0.866. The van der Waals surface area contributed by atoms with Crippen molar-refractivity contribution in [2.75, 3.05) is 13.7 Å². The second-order valence-corrected chi connectivity index (χ2v) is 5.00. The molecule has 0 saturated heterocycles. The highest BCUT2D eigenvalue weighted by atomic mass is 16.5. The topological polar surface area (TPSA) is 45.0 Å². The van der Waals surface area contributed by atoms with E-state index in [1.54, 1.807) is 7.11 Å². The maximum Gasteiger partial charge on any atom is 0.118 e. The zero-order valence-electron chi connectivity index (χ0n) is 11.0. The van der Waals surface area contributed by atoms with Gasteiger partial charge in [0.05, 0.1) is 19.1 Å². The normalized spacial score (nSPS) is 23.8. The number of benzene rings is 1. The molecule has 1 fully saturated rings. The van der Waals surface area contributed by atoms with Crippen molar-refractivity contribution in [2.24, 2.45) is 5.92 Å². The molecule has 18 heavy (non-hydrogen) atoms. The summed E-state index contributed by atoms with van der Waals surface area (Å²) in [4.78, 5) is 0. The Morgan fingerprint density at radius 2 is 2.11 bits per heavy atom. The van der Waals surface area contributed by atoms with Crippen LogP contribution in [0.2, 0.25) is 0 Å². The molecule has 0 aliphatic heterocycles. The molecule has 0 amide bonds. The van der Waals surface area contributed by atoms with Gasteiger partial charge in [0, 0.05) is 12.6 Å². The van der Waals surface area contributed by atoms with E-state index in [9.17, 15) is 0 Å². The fourth-order valence-corrected chi connectivity index (χ4v) is 2.37. The SMILES string of the molecule is COc1ccc(C2CCC2NCC(C)C#N)cc1. The molecule has 1 saturated carbocycles. The van der Waals surface area contributed by atoms with Gasteiger partial charge in [0.15, 0.2) is 0 Å². The van der Waals surface area contributed by atoms with E-state index < -0.39 is 0 Å². The van der Waals surface area contributed by atoms with Crippen LogP contribution in [0, 0.1) is 17.2 Å². The summed E-state index contributed by atoms with van der Waals surface area (Å²) in [7, 11) is 1.69. The lowest BCUT2D eigenvalue weighted by molar-refractivity contribution is 0.279. The molecule has 0 radical (unpaired) electrons. The lowest BCUT2D eigenvalue weighted by atomic mass is 9.75. The van der Waals surface area contributed by atoms with Crippen molar-refractivity contribution in [2.45, 2.75) is 31.7 Å². The van der Waals surface area contributed by atoms with Crippen molar-refractivity contribution in [1.29, 1.82) is 5.26 Å². The Kier molecular flexibility index (Phi) is 4.22. The van der Waals surface area contributed by atoms with Crippen LogP contribution in [0.25, 0.3) is 0 Å². The summed E-state index contributed by atoms with van der Waals surface area (Å²) in [6.45, 7) is 2.74. The molecule has 3 heteroatoms. The predicted molar refractivity (Wildman–Crippen MR) is 71.5 cm³/mol. The van der Waals surface area contributed by atoms with Gasteiger partial charge in [-0.15, -0.1) is 0 Å². The molecule has 1 aromatic rings. The van der Waals surface area contributed by atoms with Gasteiger partial charge >= 0.3 is 0 Å². The Labute approximate surface area is 109 Å². The lowest BCUT2D eigenvalue weighted by Gasteiger charge is -2.38. The standard InChI is InChI=1S/C15H20N2O/c1-11(9-16)10-17-15-8-7-14(15)12-3-5-13(18-2)6-4-12/h3-6,11,14-15,17H,7-8,10H2,1-2H3. The van der Waals surface area contributed by atoms with E-state index >= 15 is 0 Å². The second kappa shape index (κ2) is 5.88. The molecule has 0 bridgehead atoms. The van der Waals surface area contributed by atoms with Crippen LogP contribution in [0.4, 0.5) is 0 Å². The molecule has 3 atom stereocenters. The molecule has 3 unspecified atom stereocenters. The van der Waals surface area contributed by atoms with Gasteiger partial charge < -0.3 is 10.1 Å². The van der Waals surface area contributed by atoms with Gasteiger partial charge in [-0.1, -0.05) is 12.1 Å². The minimum Gasteiger partial charge on any atom is -0.497 e. The van der Waals surface area contributed by atoms with E-state index in [1.165, 1.54) is 18.4 Å². The van der Waals surface area contributed by atoms with Crippen LogP contribution < -0.4 is 10.1 Å². The van der Waals surface area contributed by atoms with Crippen LogP contribution in [-0.2, 0) is 0 Å². The number of rotatable bonds is 5. The first-order valence-electron chi connectivity index (χ1n) is 6.51. The van der Waals surface area contributed by atoms with Gasteiger partial charge in [-0.25, -0.2) is 0 Å². The maximum atomic E-state index is 8.78. The van der Waals surface area contributed by atoms with E-state index in [4.69, 9.17) is 10.00 Å². The largest absolute Gasteiger partial charge is 0.497 e. The van der Waals surface area contributed by atoms with E-state index in [0.717, 1.165) is 12.3 Å². The first-order valence-corrected chi connectivity index (χ1v) is 6.51. The van der Waals surface area contributed by atoms with Crippen molar-refractivity contribution in [1.82, 2.24) is 5.32 Å². The first-order chi connectivity index (χ1) is 8.74. The van der Waals surface area contributed by atoms with Gasteiger partial charge in [0.2, 0.25) is 0 Å². The molecule has 3 nitrogen and oxygen atoms in total. The second-order valence-electron chi connectivity index (χ2n) is 5.00. The van der Waals surface area contributed by atoms with E-state index in [0.29, 0.717) is 12.0 Å². The summed E-state index contributed by atoms with van der Waals surface area (Å²) in [5.74, 6) is 1.57. The minimum atomic E-state index is 0.0853. The molecule has 96 valence electrons. The summed E-state index contributed by atoms with van der Waals surface area (Å²) in [6, 6.07) is 11.1. The summed E-state index contributed by atoms with van der Waals surface area (Å²) in [6.07, 6.45) is 2.43. The molecule has 1 N–H and O–H groups in total. The van der Waals surface area contributed by atoms with Crippen molar-refractivity contribution in [3.8, 4) is 11.8 Å². The smallest absolute Gasteiger partial charge is 0.118 e. The fraction of sp³-hybridized carbons (Fsp3) is 0.533. The average molecular weight is 244 g/mol. The first kappa shape index (κ1) is 12.9. The number of hydrogen-bond donors (Lipinski definition) is 1. The van der Waals surface area contributed by atoms with E-state index in [2.05, 4.69) is 23.5 Å². The van der Waals surface area contributed by atoms with Crippen LogP contribution in [0.3, 0.4) is 0 Å². The number of nitriles is 1. The van der Waals surface area contributed by atoms with Gasteiger partial charge in [-0.05, 0) is 43.4 Å². The molecular weight excluding hydrogens is 224 g/mol. The number of methoxy groups -OCH3 is 1. The van der Waals surface area contributed by atoms with Crippen molar-refractivity contribution < 1.29 is 4.74 Å². The highest BCUT2D eigenvalue weighted by Crippen LogP contribution is 2.37. The molecular formula is C15H20N2O. The molecule has 1 aliphatic carbocycles. The van der Waals surface area contributed by atoms with Crippen molar-refractivity contribution in [3.63, 3.8) is 0 Å². The minimum absolute atomic E-state index is 0.0853. The lowest BCUT2D eigenvalue weighted by Crippen LogP contribution is -2.43. The molecule has 2 rings (SSSR count). The fourth-order valence-electron chi connectivity index (χ4n) is 2.37. The van der Waals surface area contributed by atoms with Crippen LogP contribution in [0.15, 0.2) is 24.3 Å². The van der Waals surface area contributed by atoms with Crippen molar-refractivity contribution in [3.05, 3.63) is 29.8 Å². The Morgan fingerprint density at radius 1 is 1.39 bits per heavy atom. The van der Waals surface area contributed by atoms with Gasteiger partial charge in [0.1, 0.15) is 5.75 Å². The van der Waals surface area contributed by atoms with Crippen LogP contribution in [0.5, 0.6) is 5.75 Å². The summed E-state index contributed by atoms with van der Waals surface area (Å²) in [5.41, 5.74) is 1.36. The Bertz CT molecular complexity index is 421. The third-order valence-electron chi connectivity index (χ3n) is 3.72. The Hall–Kier alpha value is -1.53. The number of ether oxygens (including phenoxy) is 1. The van der Waals surface area contributed by atoms with Crippen LogP contribution in [-0.4, -0.2) is 19.7 Å². The number of nitrogens with zero attached hydrogens (tertiary/aromatic N) is 1. The highest BCUT2D eigenvalue weighted by molar-refractivity contribution is 5.31. The maximum absolute atomic E-state index is 8.78. The average Bonchev–Trinajstić information content (AvgIpc) is 2.38. The zero-order chi connectivity index (χ0) is 13.0. The highest BCUT2D eigenvalue weighted by Gasteiger charge is 2.31. The Morgan fingerprint density at radius 3 is 2.61 bits per heavy atom. The van der Waals surface area contributed by atoms with Gasteiger partial charge in [-0.3, -0.25) is 0 Å². The number of hydrogen-bond acceptors (Lipinski definition) is 3. The molecule has 0 aromatic heterocycles. The third kappa shape index (κ3) is 2.83. The zero-order valence-corrected chi connectivity index (χ0v) is 11.0. The molecule has 1 aliphatic rings. The molecule has 0 spiro atoms. The van der Waals surface area contributed by atoms with Gasteiger partial charge in [-0.2, -0.15) is 5.26 Å². The number of nitrogens with one attached hydrogen (secondary N) is 1.